The summed E-state index contributed by atoms with van der Waals surface area (Å²) in [5.74, 6) is 0.680. The molecule has 0 bridgehead atoms. The van der Waals surface area contributed by atoms with Crippen molar-refractivity contribution >= 4 is 29.0 Å². The van der Waals surface area contributed by atoms with E-state index in [1.807, 2.05) is 6.26 Å². The van der Waals surface area contributed by atoms with E-state index in [2.05, 4.69) is 20.4 Å². The molecule has 0 spiro atoms. The molecular weight excluding hydrogens is 312 g/mol. The van der Waals surface area contributed by atoms with Crippen LogP contribution >= 0.6 is 23.1 Å². The SMILES string of the molecule is CSc1nc(C(=O)NCc2noc([C@H]3CCCO3)n2)cs1. The van der Waals surface area contributed by atoms with E-state index >= 15 is 0 Å². The zero-order valence-electron chi connectivity index (χ0n) is 11.4. The first-order valence-corrected chi connectivity index (χ1v) is 8.58. The van der Waals surface area contributed by atoms with Crippen LogP contribution in [0.5, 0.6) is 0 Å². The van der Waals surface area contributed by atoms with Gasteiger partial charge < -0.3 is 14.6 Å². The van der Waals surface area contributed by atoms with Gasteiger partial charge in [-0.05, 0) is 19.1 Å². The second-order valence-electron chi connectivity index (χ2n) is 4.44. The first kappa shape index (κ1) is 14.5. The fourth-order valence-electron chi connectivity index (χ4n) is 1.95. The highest BCUT2D eigenvalue weighted by molar-refractivity contribution is 8.00. The van der Waals surface area contributed by atoms with Crippen molar-refractivity contribution in [2.45, 2.75) is 29.8 Å². The minimum Gasteiger partial charge on any atom is -0.368 e. The maximum absolute atomic E-state index is 11.9. The molecule has 1 saturated heterocycles. The van der Waals surface area contributed by atoms with Crippen molar-refractivity contribution in [3.8, 4) is 0 Å². The number of rotatable bonds is 5. The van der Waals surface area contributed by atoms with Gasteiger partial charge in [0.05, 0.1) is 6.54 Å². The van der Waals surface area contributed by atoms with Crippen molar-refractivity contribution in [1.82, 2.24) is 20.4 Å². The lowest BCUT2D eigenvalue weighted by atomic mass is 10.2. The van der Waals surface area contributed by atoms with Crippen molar-refractivity contribution in [2.24, 2.45) is 0 Å². The van der Waals surface area contributed by atoms with Crippen molar-refractivity contribution < 1.29 is 14.1 Å². The number of hydrogen-bond acceptors (Lipinski definition) is 8. The third kappa shape index (κ3) is 3.42. The highest BCUT2D eigenvalue weighted by atomic mass is 32.2. The van der Waals surface area contributed by atoms with Crippen LogP contribution in [0.2, 0.25) is 0 Å². The summed E-state index contributed by atoms with van der Waals surface area (Å²) in [5, 5.41) is 8.30. The standard InChI is InChI=1S/C12H14N4O3S2/c1-20-12-14-7(6-21-12)10(17)13-5-9-15-11(19-16-9)8-3-2-4-18-8/h6,8H,2-5H2,1H3,(H,13,17)/t8-/m1/s1. The lowest BCUT2D eigenvalue weighted by Crippen LogP contribution is -2.23. The number of thiazole rings is 1. The molecule has 0 aromatic carbocycles. The van der Waals surface area contributed by atoms with Crippen LogP contribution in [0.1, 0.15) is 41.1 Å². The first-order valence-electron chi connectivity index (χ1n) is 6.48. The quantitative estimate of drug-likeness (QED) is 0.841. The van der Waals surface area contributed by atoms with E-state index in [0.717, 1.165) is 23.8 Å². The highest BCUT2D eigenvalue weighted by Gasteiger charge is 2.24. The molecule has 2 aromatic heterocycles. The Bertz CT molecular complexity index is 622. The lowest BCUT2D eigenvalue weighted by Gasteiger charge is -2.01. The molecule has 0 saturated carbocycles. The number of carbonyl (C=O) groups excluding carboxylic acids is 1. The molecule has 21 heavy (non-hydrogen) atoms. The van der Waals surface area contributed by atoms with Gasteiger partial charge in [0, 0.05) is 12.0 Å². The average Bonchev–Trinajstić information content (AvgIpc) is 3.24. The van der Waals surface area contributed by atoms with Gasteiger partial charge in [-0.2, -0.15) is 4.98 Å². The van der Waals surface area contributed by atoms with Crippen LogP contribution in [0, 0.1) is 0 Å². The van der Waals surface area contributed by atoms with Crippen LogP contribution in [0.4, 0.5) is 0 Å². The van der Waals surface area contributed by atoms with Crippen LogP contribution in [-0.2, 0) is 11.3 Å². The van der Waals surface area contributed by atoms with Crippen molar-refractivity contribution in [1.29, 1.82) is 0 Å². The minimum atomic E-state index is -0.241. The Balaban J connectivity index is 1.56. The molecule has 9 heteroatoms. The van der Waals surface area contributed by atoms with Crippen LogP contribution in [0.25, 0.3) is 0 Å². The van der Waals surface area contributed by atoms with E-state index in [1.165, 1.54) is 23.1 Å². The third-order valence-electron chi connectivity index (χ3n) is 2.99. The first-order chi connectivity index (χ1) is 10.3. The fourth-order valence-corrected chi connectivity index (χ4v) is 3.19. The highest BCUT2D eigenvalue weighted by Crippen LogP contribution is 2.26. The van der Waals surface area contributed by atoms with E-state index < -0.39 is 0 Å². The zero-order chi connectivity index (χ0) is 14.7. The Morgan fingerprint density at radius 2 is 2.48 bits per heavy atom. The maximum Gasteiger partial charge on any atom is 0.271 e. The maximum atomic E-state index is 11.9. The van der Waals surface area contributed by atoms with Crippen LogP contribution < -0.4 is 5.32 Å². The number of aromatic nitrogens is 3. The summed E-state index contributed by atoms with van der Waals surface area (Å²) in [7, 11) is 0. The Kier molecular flexibility index (Phi) is 4.51. The van der Waals surface area contributed by atoms with E-state index in [-0.39, 0.29) is 18.6 Å². The van der Waals surface area contributed by atoms with Gasteiger partial charge in [0.2, 0.25) is 0 Å². The molecule has 1 N–H and O–H groups in total. The molecule has 7 nitrogen and oxygen atoms in total. The Labute approximate surface area is 129 Å². The van der Waals surface area contributed by atoms with E-state index in [9.17, 15) is 4.79 Å². The van der Waals surface area contributed by atoms with Gasteiger partial charge in [-0.1, -0.05) is 16.9 Å². The van der Waals surface area contributed by atoms with Crippen molar-refractivity contribution in [3.05, 3.63) is 22.8 Å². The van der Waals surface area contributed by atoms with Crippen LogP contribution in [0.15, 0.2) is 14.2 Å². The summed E-state index contributed by atoms with van der Waals surface area (Å²) in [6.07, 6.45) is 3.71. The van der Waals surface area contributed by atoms with Crippen molar-refractivity contribution in [3.63, 3.8) is 0 Å². The van der Waals surface area contributed by atoms with Gasteiger partial charge in [0.1, 0.15) is 16.1 Å². The summed E-state index contributed by atoms with van der Waals surface area (Å²) in [5.41, 5.74) is 0.409. The van der Waals surface area contributed by atoms with Gasteiger partial charge in [0.15, 0.2) is 5.82 Å². The predicted octanol–water partition coefficient (Wildman–Crippen LogP) is 2.03. The molecule has 3 heterocycles. The smallest absolute Gasteiger partial charge is 0.271 e. The summed E-state index contributed by atoms with van der Waals surface area (Å²) in [6, 6.07) is 0. The number of ether oxygens (including phenoxy) is 1. The number of hydrogen-bond donors (Lipinski definition) is 1. The molecule has 1 amide bonds. The molecule has 3 rings (SSSR count). The second kappa shape index (κ2) is 6.54. The molecule has 1 aliphatic heterocycles. The fraction of sp³-hybridized carbons (Fsp3) is 0.500. The summed E-state index contributed by atoms with van der Waals surface area (Å²) in [6.45, 7) is 0.932. The Morgan fingerprint density at radius 1 is 1.57 bits per heavy atom. The molecule has 112 valence electrons. The molecule has 2 aromatic rings. The summed E-state index contributed by atoms with van der Waals surface area (Å²) in [4.78, 5) is 20.4. The Hall–Kier alpha value is -1.45. The zero-order valence-corrected chi connectivity index (χ0v) is 13.0. The van der Waals surface area contributed by atoms with Gasteiger partial charge in [0.25, 0.3) is 11.8 Å². The number of nitrogens with zero attached hydrogens (tertiary/aromatic N) is 3. The van der Waals surface area contributed by atoms with Gasteiger partial charge in [-0.15, -0.1) is 11.3 Å². The van der Waals surface area contributed by atoms with Gasteiger partial charge in [-0.3, -0.25) is 4.79 Å². The summed E-state index contributed by atoms with van der Waals surface area (Å²) >= 11 is 2.96. The predicted molar refractivity (Wildman–Crippen MR) is 77.3 cm³/mol. The molecule has 0 unspecified atom stereocenters. The van der Waals surface area contributed by atoms with Gasteiger partial charge >= 0.3 is 0 Å². The normalized spacial score (nSPS) is 18.0. The van der Waals surface area contributed by atoms with Gasteiger partial charge in [-0.25, -0.2) is 4.98 Å². The van der Waals surface area contributed by atoms with E-state index in [4.69, 9.17) is 9.26 Å². The van der Waals surface area contributed by atoms with E-state index in [1.54, 1.807) is 5.38 Å². The monoisotopic (exact) mass is 326 g/mol. The average molecular weight is 326 g/mol. The number of thioether (sulfide) groups is 1. The molecule has 0 radical (unpaired) electrons. The topological polar surface area (TPSA) is 90.1 Å². The molecular formula is C12H14N4O3S2. The largest absolute Gasteiger partial charge is 0.368 e. The number of amides is 1. The van der Waals surface area contributed by atoms with Crippen LogP contribution in [0.3, 0.4) is 0 Å². The summed E-state index contributed by atoms with van der Waals surface area (Å²) < 4.78 is 11.5. The Morgan fingerprint density at radius 3 is 3.19 bits per heavy atom. The lowest BCUT2D eigenvalue weighted by molar-refractivity contribution is 0.0835. The van der Waals surface area contributed by atoms with Crippen LogP contribution in [-0.4, -0.2) is 33.9 Å². The number of carbonyl (C=O) groups is 1. The molecule has 1 aliphatic rings. The van der Waals surface area contributed by atoms with E-state index in [0.29, 0.717) is 17.4 Å². The minimum absolute atomic E-state index is 0.107. The molecule has 0 aliphatic carbocycles. The molecule has 1 atom stereocenters. The van der Waals surface area contributed by atoms with Crippen molar-refractivity contribution in [2.75, 3.05) is 12.9 Å². The second-order valence-corrected chi connectivity index (χ2v) is 6.35. The molecule has 1 fully saturated rings. The number of nitrogens with one attached hydrogen (secondary N) is 1. The third-order valence-corrected chi connectivity index (χ3v) is 4.85.